The molecule has 0 fully saturated rings. The Balaban J connectivity index is 1.54. The summed E-state index contributed by atoms with van der Waals surface area (Å²) in [5, 5.41) is 17.2. The number of rotatable bonds is 6. The van der Waals surface area contributed by atoms with Gasteiger partial charge in [0.2, 0.25) is 17.6 Å². The van der Waals surface area contributed by atoms with Gasteiger partial charge in [-0.2, -0.15) is 4.98 Å². The zero-order chi connectivity index (χ0) is 19.2. The summed E-state index contributed by atoms with van der Waals surface area (Å²) in [4.78, 5) is 26.3. The van der Waals surface area contributed by atoms with E-state index in [0.717, 1.165) is 11.1 Å². The summed E-state index contributed by atoms with van der Waals surface area (Å²) in [7, 11) is 0. The minimum absolute atomic E-state index is 0.00243. The molecular formula is C19H16N4O4. The van der Waals surface area contributed by atoms with Crippen LogP contribution in [0.5, 0.6) is 0 Å². The summed E-state index contributed by atoms with van der Waals surface area (Å²) < 4.78 is 5.13. The Morgan fingerprint density at radius 3 is 2.56 bits per heavy atom. The van der Waals surface area contributed by atoms with Crippen molar-refractivity contribution in [2.24, 2.45) is 0 Å². The molecule has 0 saturated heterocycles. The van der Waals surface area contributed by atoms with Gasteiger partial charge in [-0.15, -0.1) is 0 Å². The molecule has 136 valence electrons. The highest BCUT2D eigenvalue weighted by atomic mass is 16.6. The number of hydrogen-bond donors (Lipinski definition) is 1. The first-order valence-electron chi connectivity index (χ1n) is 8.11. The molecule has 1 heterocycles. The van der Waals surface area contributed by atoms with E-state index < -0.39 is 4.92 Å². The van der Waals surface area contributed by atoms with Crippen molar-refractivity contribution in [3.05, 3.63) is 81.7 Å². The average molecular weight is 364 g/mol. The van der Waals surface area contributed by atoms with Crippen molar-refractivity contribution in [1.82, 2.24) is 15.5 Å². The van der Waals surface area contributed by atoms with Crippen molar-refractivity contribution >= 4 is 17.7 Å². The molecule has 0 aliphatic rings. The first-order valence-corrected chi connectivity index (χ1v) is 8.11. The van der Waals surface area contributed by atoms with Gasteiger partial charge in [0.15, 0.2) is 0 Å². The fourth-order valence-corrected chi connectivity index (χ4v) is 2.25. The fraction of sp³-hybridized carbons (Fsp3) is 0.105. The molecule has 0 spiro atoms. The van der Waals surface area contributed by atoms with Crippen LogP contribution in [-0.4, -0.2) is 21.0 Å². The van der Waals surface area contributed by atoms with Gasteiger partial charge >= 0.3 is 0 Å². The number of benzene rings is 2. The number of non-ortho nitro benzene ring substituents is 1. The van der Waals surface area contributed by atoms with Crippen LogP contribution in [0.2, 0.25) is 0 Å². The molecule has 0 unspecified atom stereocenters. The van der Waals surface area contributed by atoms with E-state index in [1.807, 2.05) is 31.2 Å². The van der Waals surface area contributed by atoms with E-state index in [0.29, 0.717) is 17.3 Å². The summed E-state index contributed by atoms with van der Waals surface area (Å²) in [5.41, 5.74) is 2.64. The SMILES string of the molecule is Cc1ccc(-c2noc(CNC(=O)/C=C/c3ccc([N+](=O)[O-])cc3)n2)cc1. The van der Waals surface area contributed by atoms with E-state index >= 15 is 0 Å². The second-order valence-electron chi connectivity index (χ2n) is 5.78. The highest BCUT2D eigenvalue weighted by Gasteiger charge is 2.09. The molecule has 0 atom stereocenters. The van der Waals surface area contributed by atoms with E-state index in [2.05, 4.69) is 15.5 Å². The number of nitro groups is 1. The van der Waals surface area contributed by atoms with E-state index in [1.54, 1.807) is 18.2 Å². The third-order valence-electron chi connectivity index (χ3n) is 3.72. The molecule has 2 aromatic carbocycles. The number of aryl methyl sites for hydroxylation is 1. The van der Waals surface area contributed by atoms with Crippen molar-refractivity contribution < 1.29 is 14.2 Å². The van der Waals surface area contributed by atoms with Gasteiger partial charge in [0.25, 0.3) is 5.69 Å². The van der Waals surface area contributed by atoms with Crippen LogP contribution in [0.15, 0.2) is 59.1 Å². The lowest BCUT2D eigenvalue weighted by Gasteiger charge is -1.97. The number of nitrogens with zero attached hydrogens (tertiary/aromatic N) is 3. The standard InChI is InChI=1S/C19H16N4O4/c1-13-2-7-15(8-3-13)19-21-18(27-22-19)12-20-17(24)11-6-14-4-9-16(10-5-14)23(25)26/h2-11H,12H2,1H3,(H,20,24)/b11-6+. The number of carbonyl (C=O) groups is 1. The van der Waals surface area contributed by atoms with Crippen LogP contribution >= 0.6 is 0 Å². The quantitative estimate of drug-likeness (QED) is 0.408. The molecule has 0 radical (unpaired) electrons. The summed E-state index contributed by atoms with van der Waals surface area (Å²) in [6.45, 7) is 2.09. The first-order chi connectivity index (χ1) is 13.0. The van der Waals surface area contributed by atoms with Gasteiger partial charge in [0.1, 0.15) is 0 Å². The summed E-state index contributed by atoms with van der Waals surface area (Å²) >= 11 is 0. The van der Waals surface area contributed by atoms with Crippen LogP contribution in [0.3, 0.4) is 0 Å². The van der Waals surface area contributed by atoms with Crippen LogP contribution in [-0.2, 0) is 11.3 Å². The van der Waals surface area contributed by atoms with E-state index in [-0.39, 0.29) is 18.1 Å². The molecule has 8 nitrogen and oxygen atoms in total. The lowest BCUT2D eigenvalue weighted by molar-refractivity contribution is -0.384. The molecule has 1 amide bonds. The van der Waals surface area contributed by atoms with Crippen LogP contribution < -0.4 is 5.32 Å². The van der Waals surface area contributed by atoms with Crippen molar-refractivity contribution in [2.75, 3.05) is 0 Å². The number of nitro benzene ring substituents is 1. The van der Waals surface area contributed by atoms with Crippen molar-refractivity contribution in [2.45, 2.75) is 13.5 Å². The Kier molecular flexibility index (Phi) is 5.36. The lowest BCUT2D eigenvalue weighted by atomic mass is 10.1. The monoisotopic (exact) mass is 364 g/mol. The predicted octanol–water partition coefficient (Wildman–Crippen LogP) is 3.28. The van der Waals surface area contributed by atoms with Crippen LogP contribution in [0.1, 0.15) is 17.0 Å². The Hall–Kier alpha value is -3.81. The zero-order valence-corrected chi connectivity index (χ0v) is 14.5. The molecule has 0 saturated carbocycles. The third-order valence-corrected chi connectivity index (χ3v) is 3.72. The Morgan fingerprint density at radius 2 is 1.89 bits per heavy atom. The van der Waals surface area contributed by atoms with Crippen molar-refractivity contribution in [3.8, 4) is 11.4 Å². The normalized spacial score (nSPS) is 10.9. The Bertz CT molecular complexity index is 976. The average Bonchev–Trinajstić information content (AvgIpc) is 3.14. The molecule has 8 heteroatoms. The minimum atomic E-state index is -0.477. The largest absolute Gasteiger partial charge is 0.343 e. The molecule has 0 aliphatic heterocycles. The summed E-state index contributed by atoms with van der Waals surface area (Å²) in [6, 6.07) is 13.6. The van der Waals surface area contributed by atoms with Gasteiger partial charge in [-0.25, -0.2) is 0 Å². The highest BCUT2D eigenvalue weighted by Crippen LogP contribution is 2.16. The molecule has 3 rings (SSSR count). The van der Waals surface area contributed by atoms with Gasteiger partial charge < -0.3 is 9.84 Å². The van der Waals surface area contributed by atoms with Crippen LogP contribution in [0, 0.1) is 17.0 Å². The van der Waals surface area contributed by atoms with Gasteiger partial charge in [-0.05, 0) is 30.7 Å². The predicted molar refractivity (Wildman–Crippen MR) is 98.4 cm³/mol. The topological polar surface area (TPSA) is 111 Å². The van der Waals surface area contributed by atoms with Gasteiger partial charge in [0.05, 0.1) is 11.5 Å². The number of aromatic nitrogens is 2. The summed E-state index contributed by atoms with van der Waals surface area (Å²) in [5.74, 6) is 0.409. The molecule has 0 aliphatic carbocycles. The van der Waals surface area contributed by atoms with Gasteiger partial charge in [-0.1, -0.05) is 35.0 Å². The molecular weight excluding hydrogens is 348 g/mol. The van der Waals surface area contributed by atoms with Gasteiger partial charge in [-0.3, -0.25) is 14.9 Å². The molecule has 1 N–H and O–H groups in total. The maximum absolute atomic E-state index is 11.9. The van der Waals surface area contributed by atoms with Crippen LogP contribution in [0.4, 0.5) is 5.69 Å². The summed E-state index contributed by atoms with van der Waals surface area (Å²) in [6.07, 6.45) is 2.89. The minimum Gasteiger partial charge on any atom is -0.343 e. The molecule has 27 heavy (non-hydrogen) atoms. The lowest BCUT2D eigenvalue weighted by Crippen LogP contribution is -2.20. The number of carbonyl (C=O) groups excluding carboxylic acids is 1. The number of nitrogens with one attached hydrogen (secondary N) is 1. The van der Waals surface area contributed by atoms with Crippen molar-refractivity contribution in [1.29, 1.82) is 0 Å². The smallest absolute Gasteiger partial charge is 0.269 e. The highest BCUT2D eigenvalue weighted by molar-refractivity contribution is 5.91. The zero-order valence-electron chi connectivity index (χ0n) is 14.5. The Morgan fingerprint density at radius 1 is 1.19 bits per heavy atom. The van der Waals surface area contributed by atoms with Gasteiger partial charge in [0, 0.05) is 23.8 Å². The van der Waals surface area contributed by atoms with E-state index in [1.165, 1.54) is 18.2 Å². The van der Waals surface area contributed by atoms with E-state index in [9.17, 15) is 14.9 Å². The molecule has 1 aromatic heterocycles. The second-order valence-corrected chi connectivity index (χ2v) is 5.78. The number of amides is 1. The maximum Gasteiger partial charge on any atom is 0.269 e. The third kappa shape index (κ3) is 4.85. The molecule has 3 aromatic rings. The van der Waals surface area contributed by atoms with Crippen molar-refractivity contribution in [3.63, 3.8) is 0 Å². The second kappa shape index (κ2) is 8.05. The van der Waals surface area contributed by atoms with Crippen LogP contribution in [0.25, 0.3) is 17.5 Å². The molecule has 0 bridgehead atoms. The first kappa shape index (κ1) is 18.0. The maximum atomic E-state index is 11.9. The fourth-order valence-electron chi connectivity index (χ4n) is 2.25. The van der Waals surface area contributed by atoms with E-state index in [4.69, 9.17) is 4.52 Å². The Labute approximate surface area is 154 Å². The number of hydrogen-bond acceptors (Lipinski definition) is 6.